The Morgan fingerprint density at radius 3 is 2.33 bits per heavy atom. The minimum Gasteiger partial charge on any atom is -0.321 e. The Balaban J connectivity index is 2.31. The molecule has 0 amide bonds. The molecule has 0 bridgehead atoms. The van der Waals surface area contributed by atoms with Crippen LogP contribution in [0, 0.1) is 5.92 Å². The van der Waals surface area contributed by atoms with Gasteiger partial charge in [0.2, 0.25) is 0 Å². The molecule has 1 nitrogen and oxygen atoms in total. The van der Waals surface area contributed by atoms with Gasteiger partial charge in [-0.3, -0.25) is 0 Å². The highest BCUT2D eigenvalue weighted by Crippen LogP contribution is 2.45. The van der Waals surface area contributed by atoms with Crippen molar-refractivity contribution in [1.29, 1.82) is 0 Å². The summed E-state index contributed by atoms with van der Waals surface area (Å²) < 4.78 is 76.6. The van der Waals surface area contributed by atoms with E-state index in [4.69, 9.17) is 5.73 Å². The van der Waals surface area contributed by atoms with E-state index in [-0.39, 0.29) is 31.2 Å². The van der Waals surface area contributed by atoms with Crippen LogP contribution in [0.2, 0.25) is 0 Å². The molecule has 1 aromatic carbocycles. The van der Waals surface area contributed by atoms with Crippen LogP contribution in [0.4, 0.5) is 26.3 Å². The standard InChI is InChI=1S/C14H15F6N/c15-13(16,17)10-4-1-3-9(7-10)12(21)6-2-5-11(8-12)14(18,19)20/h1,3-4,7,11H,2,5-6,8,21H2. The minimum atomic E-state index is -4.54. The molecule has 1 saturated carbocycles. The highest BCUT2D eigenvalue weighted by Gasteiger charge is 2.47. The van der Waals surface area contributed by atoms with E-state index in [1.807, 2.05) is 0 Å². The van der Waals surface area contributed by atoms with E-state index in [0.717, 1.165) is 12.1 Å². The van der Waals surface area contributed by atoms with Crippen LogP contribution in [0.15, 0.2) is 24.3 Å². The highest BCUT2D eigenvalue weighted by atomic mass is 19.4. The van der Waals surface area contributed by atoms with Crippen molar-refractivity contribution in [3.05, 3.63) is 35.4 Å². The minimum absolute atomic E-state index is 0.0264. The fourth-order valence-electron chi connectivity index (χ4n) is 2.85. The van der Waals surface area contributed by atoms with Gasteiger partial charge >= 0.3 is 12.4 Å². The summed E-state index contributed by atoms with van der Waals surface area (Å²) in [6.45, 7) is 0. The molecule has 0 radical (unpaired) electrons. The number of nitrogens with two attached hydrogens (primary N) is 1. The monoisotopic (exact) mass is 311 g/mol. The van der Waals surface area contributed by atoms with Crippen LogP contribution in [-0.4, -0.2) is 6.18 Å². The Labute approximate surface area is 118 Å². The molecule has 1 fully saturated rings. The third kappa shape index (κ3) is 3.51. The van der Waals surface area contributed by atoms with E-state index in [1.54, 1.807) is 0 Å². The van der Waals surface area contributed by atoms with Crippen LogP contribution in [0.25, 0.3) is 0 Å². The Hall–Kier alpha value is -1.24. The van der Waals surface area contributed by atoms with Gasteiger partial charge in [0.25, 0.3) is 0 Å². The van der Waals surface area contributed by atoms with Crippen molar-refractivity contribution >= 4 is 0 Å². The molecular formula is C14H15F6N. The quantitative estimate of drug-likeness (QED) is 0.753. The average Bonchev–Trinajstić information content (AvgIpc) is 2.37. The SMILES string of the molecule is NC1(c2cccc(C(F)(F)F)c2)CCCC(C(F)(F)F)C1. The van der Waals surface area contributed by atoms with Gasteiger partial charge in [-0.05, 0) is 37.0 Å². The highest BCUT2D eigenvalue weighted by molar-refractivity contribution is 5.31. The molecule has 2 N–H and O–H groups in total. The van der Waals surface area contributed by atoms with E-state index in [0.29, 0.717) is 0 Å². The van der Waals surface area contributed by atoms with Gasteiger partial charge in [-0.15, -0.1) is 0 Å². The summed E-state index contributed by atoms with van der Waals surface area (Å²) in [6.07, 6.45) is -8.81. The second-order valence-electron chi connectivity index (χ2n) is 5.57. The van der Waals surface area contributed by atoms with Gasteiger partial charge in [-0.2, -0.15) is 26.3 Å². The molecule has 1 aromatic rings. The molecule has 118 valence electrons. The van der Waals surface area contributed by atoms with Crippen molar-refractivity contribution < 1.29 is 26.3 Å². The lowest BCUT2D eigenvalue weighted by Crippen LogP contribution is -2.45. The van der Waals surface area contributed by atoms with E-state index < -0.39 is 29.4 Å². The second kappa shape index (κ2) is 5.19. The molecule has 1 aliphatic carbocycles. The van der Waals surface area contributed by atoms with Crippen LogP contribution in [0.5, 0.6) is 0 Å². The fraction of sp³-hybridized carbons (Fsp3) is 0.571. The van der Waals surface area contributed by atoms with Gasteiger partial charge in [0.15, 0.2) is 0 Å². The zero-order chi connectivity index (χ0) is 15.9. The van der Waals surface area contributed by atoms with Crippen molar-refractivity contribution in [3.63, 3.8) is 0 Å². The van der Waals surface area contributed by atoms with Gasteiger partial charge in [0, 0.05) is 5.54 Å². The van der Waals surface area contributed by atoms with Crippen LogP contribution in [-0.2, 0) is 11.7 Å². The van der Waals surface area contributed by atoms with Gasteiger partial charge in [-0.25, -0.2) is 0 Å². The number of benzene rings is 1. The van der Waals surface area contributed by atoms with E-state index in [1.165, 1.54) is 12.1 Å². The number of hydrogen-bond donors (Lipinski definition) is 1. The molecule has 0 heterocycles. The molecule has 0 spiro atoms. The Kier molecular flexibility index (Phi) is 3.99. The Morgan fingerprint density at radius 2 is 1.76 bits per heavy atom. The predicted molar refractivity (Wildman–Crippen MR) is 65.3 cm³/mol. The van der Waals surface area contributed by atoms with E-state index >= 15 is 0 Å². The molecule has 1 aliphatic rings. The lowest BCUT2D eigenvalue weighted by atomic mass is 9.72. The maximum absolute atomic E-state index is 12.8. The number of alkyl halides is 6. The molecule has 2 rings (SSSR count). The maximum atomic E-state index is 12.8. The van der Waals surface area contributed by atoms with E-state index in [9.17, 15) is 26.3 Å². The first-order valence-electron chi connectivity index (χ1n) is 6.56. The van der Waals surface area contributed by atoms with Crippen molar-refractivity contribution in [2.75, 3.05) is 0 Å². The van der Waals surface area contributed by atoms with Gasteiger partial charge in [0.05, 0.1) is 11.5 Å². The number of halogens is 6. The smallest absolute Gasteiger partial charge is 0.321 e. The summed E-state index contributed by atoms with van der Waals surface area (Å²) in [5.74, 6) is -1.56. The van der Waals surface area contributed by atoms with Crippen molar-refractivity contribution in [2.24, 2.45) is 11.7 Å². The lowest BCUT2D eigenvalue weighted by molar-refractivity contribution is -0.187. The first-order chi connectivity index (χ1) is 9.52. The molecule has 0 aromatic heterocycles. The van der Waals surface area contributed by atoms with Crippen molar-refractivity contribution in [1.82, 2.24) is 0 Å². The summed E-state index contributed by atoms with van der Waals surface area (Å²) in [5, 5.41) is 0. The van der Waals surface area contributed by atoms with Gasteiger partial charge in [-0.1, -0.05) is 18.6 Å². The zero-order valence-electron chi connectivity index (χ0n) is 11.1. The third-order valence-corrected chi connectivity index (χ3v) is 4.01. The van der Waals surface area contributed by atoms with Gasteiger partial charge < -0.3 is 5.73 Å². The van der Waals surface area contributed by atoms with Crippen LogP contribution < -0.4 is 5.73 Å². The zero-order valence-corrected chi connectivity index (χ0v) is 11.1. The third-order valence-electron chi connectivity index (χ3n) is 4.01. The summed E-state index contributed by atoms with van der Waals surface area (Å²) in [6, 6.07) is 4.30. The van der Waals surface area contributed by atoms with Crippen LogP contribution in [0.3, 0.4) is 0 Å². The molecule has 7 heteroatoms. The molecule has 21 heavy (non-hydrogen) atoms. The summed E-state index contributed by atoms with van der Waals surface area (Å²) >= 11 is 0. The number of hydrogen-bond acceptors (Lipinski definition) is 1. The molecular weight excluding hydrogens is 296 g/mol. The largest absolute Gasteiger partial charge is 0.416 e. The Bertz CT molecular complexity index is 507. The van der Waals surface area contributed by atoms with Crippen molar-refractivity contribution in [3.8, 4) is 0 Å². The normalized spacial score (nSPS) is 27.7. The number of rotatable bonds is 1. The lowest BCUT2D eigenvalue weighted by Gasteiger charge is -2.39. The summed E-state index contributed by atoms with van der Waals surface area (Å²) in [5.41, 5.74) is 3.88. The Morgan fingerprint density at radius 1 is 1.10 bits per heavy atom. The van der Waals surface area contributed by atoms with E-state index in [2.05, 4.69) is 0 Å². The average molecular weight is 311 g/mol. The molecule has 2 unspecified atom stereocenters. The molecule has 0 aliphatic heterocycles. The van der Waals surface area contributed by atoms with Gasteiger partial charge in [0.1, 0.15) is 0 Å². The predicted octanol–water partition coefficient (Wildman–Crippen LogP) is 4.61. The topological polar surface area (TPSA) is 26.0 Å². The van der Waals surface area contributed by atoms with Crippen molar-refractivity contribution in [2.45, 2.75) is 43.6 Å². The first kappa shape index (κ1) is 16.1. The van der Waals surface area contributed by atoms with Crippen LogP contribution in [0.1, 0.15) is 36.8 Å². The second-order valence-corrected chi connectivity index (χ2v) is 5.57. The summed E-state index contributed by atoms with van der Waals surface area (Å²) in [7, 11) is 0. The maximum Gasteiger partial charge on any atom is 0.416 e. The fourth-order valence-corrected chi connectivity index (χ4v) is 2.85. The van der Waals surface area contributed by atoms with Crippen LogP contribution >= 0.6 is 0 Å². The molecule has 2 atom stereocenters. The molecule has 0 saturated heterocycles. The summed E-state index contributed by atoms with van der Waals surface area (Å²) in [4.78, 5) is 0. The first-order valence-corrected chi connectivity index (χ1v) is 6.56.